The molecule has 4 aliphatic rings. The minimum absolute atomic E-state index is 0.0124. The molecule has 4 saturated heterocycles. The molecule has 24 heteroatoms. The average molecular weight is 793 g/mol. The minimum Gasteiger partial charge on any atom is -0.343 e. The molecule has 302 valence electrons. The maximum Gasteiger partial charge on any atom is 0.355 e. The van der Waals surface area contributed by atoms with Gasteiger partial charge in [-0.2, -0.15) is 0 Å². The van der Waals surface area contributed by atoms with Gasteiger partial charge in [-0.1, -0.05) is 0 Å². The summed E-state index contributed by atoms with van der Waals surface area (Å²) in [6, 6.07) is -3.25. The number of hydrogen-bond acceptors (Lipinski definition) is 18. The summed E-state index contributed by atoms with van der Waals surface area (Å²) in [5.74, 6) is -12.7. The van der Waals surface area contributed by atoms with E-state index in [9.17, 15) is 67.1 Å². The highest BCUT2D eigenvalue weighted by molar-refractivity contribution is 6.04. The molecule has 24 nitrogen and oxygen atoms in total. The molecule has 10 amide bonds. The zero-order valence-corrected chi connectivity index (χ0v) is 29.6. The fourth-order valence-corrected chi connectivity index (χ4v) is 5.36. The Balaban J connectivity index is 1.28. The standard InChI is InChI=1S/C32H36N6O18/c39-19(33-17(31(51)55-37-25(45)11-12-26(37)46)5-15-29(49)53-35-21(41)7-8-22(35)42)3-1-2-4-20(40)34-18(32(52)56-38-27(47)13-14-28(38)48)6-16-30(50)54-36-23(43)9-10-24(36)44/h17-18H,1-16H2,(H,33,39)(H,34,40). The first-order valence-corrected chi connectivity index (χ1v) is 17.4. The third kappa shape index (κ3) is 11.4. The van der Waals surface area contributed by atoms with Crippen molar-refractivity contribution in [3.8, 4) is 0 Å². The van der Waals surface area contributed by atoms with Crippen molar-refractivity contribution < 1.29 is 86.5 Å². The zero-order chi connectivity index (χ0) is 41.1. The van der Waals surface area contributed by atoms with Crippen LogP contribution in [0.15, 0.2) is 0 Å². The van der Waals surface area contributed by atoms with E-state index in [1.807, 2.05) is 0 Å². The van der Waals surface area contributed by atoms with Gasteiger partial charge in [0.25, 0.3) is 47.3 Å². The lowest BCUT2D eigenvalue weighted by atomic mass is 10.1. The summed E-state index contributed by atoms with van der Waals surface area (Å²) >= 11 is 0. The quantitative estimate of drug-likeness (QED) is 0.101. The van der Waals surface area contributed by atoms with Gasteiger partial charge in [-0.05, 0) is 25.7 Å². The average Bonchev–Trinajstić information content (AvgIpc) is 3.86. The summed E-state index contributed by atoms with van der Waals surface area (Å²) < 4.78 is 0. The predicted octanol–water partition coefficient (Wildman–Crippen LogP) is -2.49. The van der Waals surface area contributed by atoms with E-state index >= 15 is 0 Å². The highest BCUT2D eigenvalue weighted by atomic mass is 16.7. The van der Waals surface area contributed by atoms with Gasteiger partial charge in [0.1, 0.15) is 12.1 Å². The van der Waals surface area contributed by atoms with Gasteiger partial charge in [-0.25, -0.2) is 19.2 Å². The van der Waals surface area contributed by atoms with Gasteiger partial charge in [0.2, 0.25) is 11.8 Å². The smallest absolute Gasteiger partial charge is 0.343 e. The maximum absolute atomic E-state index is 12.9. The Kier molecular flexibility index (Phi) is 14.4. The van der Waals surface area contributed by atoms with Crippen molar-refractivity contribution in [2.24, 2.45) is 0 Å². The number of nitrogens with zero attached hydrogens (tertiary/aromatic N) is 4. The third-order valence-electron chi connectivity index (χ3n) is 8.34. The summed E-state index contributed by atoms with van der Waals surface area (Å²) in [6.07, 6.45) is -4.55. The Morgan fingerprint density at radius 2 is 0.661 bits per heavy atom. The maximum atomic E-state index is 12.9. The lowest BCUT2D eigenvalue weighted by Crippen LogP contribution is -2.46. The van der Waals surface area contributed by atoms with Crippen LogP contribution in [-0.4, -0.2) is 115 Å². The summed E-state index contributed by atoms with van der Waals surface area (Å²) in [4.78, 5) is 190. The van der Waals surface area contributed by atoms with E-state index in [0.717, 1.165) is 0 Å². The lowest BCUT2D eigenvalue weighted by molar-refractivity contribution is -0.200. The van der Waals surface area contributed by atoms with Crippen LogP contribution in [0, 0.1) is 0 Å². The van der Waals surface area contributed by atoms with E-state index in [0.29, 0.717) is 0 Å². The number of carbonyl (C=O) groups excluding carboxylic acids is 14. The fourth-order valence-electron chi connectivity index (χ4n) is 5.36. The molecule has 56 heavy (non-hydrogen) atoms. The molecule has 2 unspecified atom stereocenters. The van der Waals surface area contributed by atoms with Crippen LogP contribution in [0.5, 0.6) is 0 Å². The van der Waals surface area contributed by atoms with Gasteiger partial charge in [0.15, 0.2) is 0 Å². The minimum atomic E-state index is -1.63. The molecule has 0 bridgehead atoms. The molecule has 0 radical (unpaired) electrons. The number of imide groups is 4. The SMILES string of the molecule is O=C(CCCCC(=O)NC(CCC(=O)ON1C(=O)CCC1=O)C(=O)ON1C(=O)CCC1=O)NC(CCC(=O)ON1C(=O)CCC1=O)C(=O)ON1C(=O)CCC1=O. The van der Waals surface area contributed by atoms with E-state index in [1.54, 1.807) is 0 Å². The van der Waals surface area contributed by atoms with Gasteiger partial charge in [0.05, 0.1) is 12.8 Å². The van der Waals surface area contributed by atoms with Crippen LogP contribution in [0.3, 0.4) is 0 Å². The fraction of sp³-hybridized carbons (Fsp3) is 0.562. The molecule has 2 atom stereocenters. The Bertz CT molecular complexity index is 1560. The van der Waals surface area contributed by atoms with Crippen LogP contribution in [0.25, 0.3) is 0 Å². The topological polar surface area (TPSA) is 313 Å². The third-order valence-corrected chi connectivity index (χ3v) is 8.34. The van der Waals surface area contributed by atoms with Gasteiger partial charge >= 0.3 is 23.9 Å². The van der Waals surface area contributed by atoms with Crippen LogP contribution < -0.4 is 10.6 Å². The van der Waals surface area contributed by atoms with Gasteiger partial charge in [-0.3, -0.25) is 47.9 Å². The van der Waals surface area contributed by atoms with Crippen molar-refractivity contribution in [3.63, 3.8) is 0 Å². The molecule has 0 aliphatic carbocycles. The first-order valence-electron chi connectivity index (χ1n) is 17.4. The van der Waals surface area contributed by atoms with Crippen molar-refractivity contribution >= 4 is 82.9 Å². The molecule has 4 aliphatic heterocycles. The van der Waals surface area contributed by atoms with Crippen molar-refractivity contribution in [1.82, 2.24) is 30.9 Å². The molecular formula is C32H36N6O18. The normalized spacial score (nSPS) is 18.1. The first kappa shape index (κ1) is 42.1. The second-order valence-electron chi connectivity index (χ2n) is 12.6. The molecule has 4 fully saturated rings. The van der Waals surface area contributed by atoms with Crippen molar-refractivity contribution in [2.45, 2.75) is 115 Å². The van der Waals surface area contributed by atoms with E-state index < -0.39 is 121 Å². The summed E-state index contributed by atoms with van der Waals surface area (Å²) in [5, 5.41) is 5.60. The number of carbonyl (C=O) groups is 14. The van der Waals surface area contributed by atoms with E-state index in [4.69, 9.17) is 19.4 Å². The van der Waals surface area contributed by atoms with Crippen LogP contribution in [-0.2, 0) is 86.5 Å². The number of hydroxylamine groups is 8. The van der Waals surface area contributed by atoms with Crippen LogP contribution in [0.1, 0.15) is 103 Å². The zero-order valence-electron chi connectivity index (χ0n) is 29.6. The molecule has 0 spiro atoms. The van der Waals surface area contributed by atoms with Crippen molar-refractivity contribution in [2.75, 3.05) is 0 Å². The Morgan fingerprint density at radius 3 is 0.929 bits per heavy atom. The number of nitrogens with one attached hydrogen (secondary N) is 2. The first-order chi connectivity index (χ1) is 26.5. The van der Waals surface area contributed by atoms with Gasteiger partial charge in [0, 0.05) is 64.2 Å². The van der Waals surface area contributed by atoms with E-state index in [1.165, 1.54) is 0 Å². The van der Waals surface area contributed by atoms with Crippen molar-refractivity contribution in [1.29, 1.82) is 0 Å². The molecule has 0 aromatic carbocycles. The van der Waals surface area contributed by atoms with Gasteiger partial charge in [-0.15, -0.1) is 20.3 Å². The highest BCUT2D eigenvalue weighted by Gasteiger charge is 2.38. The number of unbranched alkanes of at least 4 members (excludes halogenated alkanes) is 1. The summed E-state index contributed by atoms with van der Waals surface area (Å²) in [5.41, 5.74) is 0. The highest BCUT2D eigenvalue weighted by Crippen LogP contribution is 2.18. The molecule has 4 rings (SSSR count). The van der Waals surface area contributed by atoms with Gasteiger partial charge < -0.3 is 30.0 Å². The Hall–Kier alpha value is -6.62. The number of amides is 10. The molecular weight excluding hydrogens is 756 g/mol. The summed E-state index contributed by atoms with van der Waals surface area (Å²) in [6.45, 7) is 0. The predicted molar refractivity (Wildman–Crippen MR) is 170 cm³/mol. The van der Waals surface area contributed by atoms with E-state index in [-0.39, 0.29) is 97.3 Å². The molecule has 4 heterocycles. The van der Waals surface area contributed by atoms with Crippen LogP contribution in [0.2, 0.25) is 0 Å². The number of hydrogen-bond donors (Lipinski definition) is 2. The molecule has 0 saturated carbocycles. The second kappa shape index (κ2) is 19.1. The molecule has 0 aromatic rings. The Labute approximate surface area is 315 Å². The van der Waals surface area contributed by atoms with Crippen LogP contribution >= 0.6 is 0 Å². The molecule has 2 N–H and O–H groups in total. The molecule has 0 aromatic heterocycles. The summed E-state index contributed by atoms with van der Waals surface area (Å²) in [7, 11) is 0. The van der Waals surface area contributed by atoms with E-state index in [2.05, 4.69) is 10.6 Å². The largest absolute Gasteiger partial charge is 0.355 e. The van der Waals surface area contributed by atoms with Crippen LogP contribution in [0.4, 0.5) is 0 Å². The lowest BCUT2D eigenvalue weighted by Gasteiger charge is -2.21. The van der Waals surface area contributed by atoms with Crippen molar-refractivity contribution in [3.05, 3.63) is 0 Å². The Morgan fingerprint density at radius 1 is 0.411 bits per heavy atom. The number of rotatable bonds is 19. The second-order valence-corrected chi connectivity index (χ2v) is 12.6. The monoisotopic (exact) mass is 792 g/mol.